The van der Waals surface area contributed by atoms with Gasteiger partial charge in [0.15, 0.2) is 0 Å². The van der Waals surface area contributed by atoms with Crippen molar-refractivity contribution in [2.45, 2.75) is 27.2 Å². The number of benzene rings is 1. The molecule has 0 radical (unpaired) electrons. The lowest BCUT2D eigenvalue weighted by molar-refractivity contribution is 0.414. The summed E-state index contributed by atoms with van der Waals surface area (Å²) in [7, 11) is 1.70. The van der Waals surface area contributed by atoms with E-state index in [1.165, 1.54) is 11.1 Å². The molecule has 0 aliphatic carbocycles. The number of nitrogens with one attached hydrogen (secondary N) is 1. The molecule has 2 heteroatoms. The van der Waals surface area contributed by atoms with Crippen LogP contribution in [-0.2, 0) is 0 Å². The predicted molar refractivity (Wildman–Crippen MR) is 79.1 cm³/mol. The molecular formula is C16H25NO. The Morgan fingerprint density at radius 3 is 2.72 bits per heavy atom. The van der Waals surface area contributed by atoms with Gasteiger partial charge in [-0.2, -0.15) is 0 Å². The van der Waals surface area contributed by atoms with Gasteiger partial charge in [-0.15, -0.1) is 0 Å². The van der Waals surface area contributed by atoms with Gasteiger partial charge in [0.2, 0.25) is 0 Å². The van der Waals surface area contributed by atoms with Gasteiger partial charge in [-0.05, 0) is 55.6 Å². The lowest BCUT2D eigenvalue weighted by atomic mass is 10.1. The SMILES string of the molecule is COc1ccc(C=CCCNCC(C)C)c(C)c1. The fraction of sp³-hybridized carbons (Fsp3) is 0.500. The van der Waals surface area contributed by atoms with Crippen LogP contribution in [0.2, 0.25) is 0 Å². The first kappa shape index (κ1) is 14.8. The first-order valence-electron chi connectivity index (χ1n) is 6.65. The molecule has 0 bridgehead atoms. The van der Waals surface area contributed by atoms with Crippen molar-refractivity contribution in [1.82, 2.24) is 5.32 Å². The van der Waals surface area contributed by atoms with Crippen molar-refractivity contribution < 1.29 is 4.74 Å². The molecule has 2 nitrogen and oxygen atoms in total. The van der Waals surface area contributed by atoms with E-state index in [9.17, 15) is 0 Å². The molecule has 0 unspecified atom stereocenters. The summed E-state index contributed by atoms with van der Waals surface area (Å²) in [5.41, 5.74) is 2.51. The van der Waals surface area contributed by atoms with Gasteiger partial charge in [-0.25, -0.2) is 0 Å². The second-order valence-corrected chi connectivity index (χ2v) is 5.01. The molecule has 0 spiro atoms. The quantitative estimate of drug-likeness (QED) is 0.743. The van der Waals surface area contributed by atoms with Crippen molar-refractivity contribution in [2.75, 3.05) is 20.2 Å². The van der Waals surface area contributed by atoms with Crippen molar-refractivity contribution in [2.24, 2.45) is 5.92 Å². The van der Waals surface area contributed by atoms with E-state index in [-0.39, 0.29) is 0 Å². The van der Waals surface area contributed by atoms with Crippen LogP contribution in [0.4, 0.5) is 0 Å². The van der Waals surface area contributed by atoms with Crippen LogP contribution in [-0.4, -0.2) is 20.2 Å². The molecule has 0 aliphatic heterocycles. The second-order valence-electron chi connectivity index (χ2n) is 5.01. The number of hydrogen-bond acceptors (Lipinski definition) is 2. The van der Waals surface area contributed by atoms with E-state index in [4.69, 9.17) is 4.74 Å². The third-order valence-electron chi connectivity index (χ3n) is 2.81. The van der Waals surface area contributed by atoms with Crippen LogP contribution >= 0.6 is 0 Å². The first-order chi connectivity index (χ1) is 8.63. The Morgan fingerprint density at radius 1 is 1.33 bits per heavy atom. The average molecular weight is 247 g/mol. The van der Waals surface area contributed by atoms with Crippen LogP contribution in [0.5, 0.6) is 5.75 Å². The van der Waals surface area contributed by atoms with Gasteiger partial charge in [-0.3, -0.25) is 0 Å². The zero-order chi connectivity index (χ0) is 13.4. The molecule has 0 saturated heterocycles. The zero-order valence-corrected chi connectivity index (χ0v) is 12.0. The van der Waals surface area contributed by atoms with Crippen LogP contribution in [0.3, 0.4) is 0 Å². The Bertz CT molecular complexity index is 383. The Kier molecular flexibility index (Phi) is 6.51. The largest absolute Gasteiger partial charge is 0.497 e. The van der Waals surface area contributed by atoms with E-state index in [1.807, 2.05) is 6.07 Å². The highest BCUT2D eigenvalue weighted by molar-refractivity contribution is 5.55. The monoisotopic (exact) mass is 247 g/mol. The Balaban J connectivity index is 2.38. The lowest BCUT2D eigenvalue weighted by Gasteiger charge is -2.06. The molecule has 0 fully saturated rings. The van der Waals surface area contributed by atoms with Gasteiger partial charge < -0.3 is 10.1 Å². The molecule has 0 heterocycles. The summed E-state index contributed by atoms with van der Waals surface area (Å²) in [6.45, 7) is 8.70. The molecule has 1 rings (SSSR count). The minimum absolute atomic E-state index is 0.720. The van der Waals surface area contributed by atoms with Crippen molar-refractivity contribution >= 4 is 6.08 Å². The molecule has 0 atom stereocenters. The standard InChI is InChI=1S/C16H25NO/c1-13(2)12-17-10-6-5-7-15-8-9-16(18-4)11-14(15)3/h5,7-9,11,13,17H,6,10,12H2,1-4H3. The Morgan fingerprint density at radius 2 is 2.11 bits per heavy atom. The first-order valence-corrected chi connectivity index (χ1v) is 6.65. The van der Waals surface area contributed by atoms with E-state index in [1.54, 1.807) is 7.11 Å². The maximum absolute atomic E-state index is 5.20. The van der Waals surface area contributed by atoms with E-state index >= 15 is 0 Å². The van der Waals surface area contributed by atoms with Crippen LogP contribution in [0, 0.1) is 12.8 Å². The number of aryl methyl sites for hydroxylation is 1. The van der Waals surface area contributed by atoms with E-state index < -0.39 is 0 Å². The molecule has 0 aromatic heterocycles. The van der Waals surface area contributed by atoms with Crippen molar-refractivity contribution in [3.63, 3.8) is 0 Å². The molecule has 0 saturated carbocycles. The summed E-state index contributed by atoms with van der Waals surface area (Å²) in [4.78, 5) is 0. The van der Waals surface area contributed by atoms with Gasteiger partial charge in [0.25, 0.3) is 0 Å². The van der Waals surface area contributed by atoms with Gasteiger partial charge in [0.05, 0.1) is 7.11 Å². The number of methoxy groups -OCH3 is 1. The second kappa shape index (κ2) is 7.93. The summed E-state index contributed by atoms with van der Waals surface area (Å²) in [5, 5.41) is 3.43. The highest BCUT2D eigenvalue weighted by Gasteiger charge is 1.96. The maximum atomic E-state index is 5.20. The summed E-state index contributed by atoms with van der Waals surface area (Å²) in [6.07, 6.45) is 5.48. The molecule has 100 valence electrons. The number of hydrogen-bond donors (Lipinski definition) is 1. The minimum atomic E-state index is 0.720. The van der Waals surface area contributed by atoms with Crippen molar-refractivity contribution in [3.05, 3.63) is 35.4 Å². The average Bonchev–Trinajstić information content (AvgIpc) is 2.34. The van der Waals surface area contributed by atoms with Gasteiger partial charge in [0, 0.05) is 0 Å². The van der Waals surface area contributed by atoms with E-state index in [0.717, 1.165) is 31.2 Å². The van der Waals surface area contributed by atoms with Crippen LogP contribution in [0.1, 0.15) is 31.4 Å². The zero-order valence-electron chi connectivity index (χ0n) is 12.0. The topological polar surface area (TPSA) is 21.3 Å². The van der Waals surface area contributed by atoms with Crippen LogP contribution in [0.15, 0.2) is 24.3 Å². The fourth-order valence-corrected chi connectivity index (χ4v) is 1.75. The van der Waals surface area contributed by atoms with Crippen molar-refractivity contribution in [1.29, 1.82) is 0 Å². The van der Waals surface area contributed by atoms with Crippen molar-refractivity contribution in [3.8, 4) is 5.75 Å². The summed E-state index contributed by atoms with van der Waals surface area (Å²) < 4.78 is 5.20. The predicted octanol–water partition coefficient (Wildman–Crippen LogP) is 3.65. The van der Waals surface area contributed by atoms with E-state index in [0.29, 0.717) is 0 Å². The maximum Gasteiger partial charge on any atom is 0.119 e. The highest BCUT2D eigenvalue weighted by Crippen LogP contribution is 2.17. The molecule has 0 aliphatic rings. The van der Waals surface area contributed by atoms with Crippen LogP contribution < -0.4 is 10.1 Å². The fourth-order valence-electron chi connectivity index (χ4n) is 1.75. The third kappa shape index (κ3) is 5.37. The lowest BCUT2D eigenvalue weighted by Crippen LogP contribution is -2.20. The van der Waals surface area contributed by atoms with Gasteiger partial charge >= 0.3 is 0 Å². The Labute approximate surface area is 111 Å². The van der Waals surface area contributed by atoms with E-state index in [2.05, 4.69) is 50.4 Å². The molecule has 1 aromatic rings. The van der Waals surface area contributed by atoms with Crippen LogP contribution in [0.25, 0.3) is 6.08 Å². The summed E-state index contributed by atoms with van der Waals surface area (Å²) >= 11 is 0. The molecular weight excluding hydrogens is 222 g/mol. The van der Waals surface area contributed by atoms with Gasteiger partial charge in [0.1, 0.15) is 5.75 Å². The highest BCUT2D eigenvalue weighted by atomic mass is 16.5. The molecule has 1 aromatic carbocycles. The molecule has 18 heavy (non-hydrogen) atoms. The summed E-state index contributed by atoms with van der Waals surface area (Å²) in [6, 6.07) is 6.17. The number of ether oxygens (including phenoxy) is 1. The third-order valence-corrected chi connectivity index (χ3v) is 2.81. The number of rotatable bonds is 7. The molecule has 0 amide bonds. The van der Waals surface area contributed by atoms with Gasteiger partial charge in [-0.1, -0.05) is 32.1 Å². The minimum Gasteiger partial charge on any atom is -0.497 e. The normalized spacial score (nSPS) is 11.4. The molecule has 1 N–H and O–H groups in total. The summed E-state index contributed by atoms with van der Waals surface area (Å²) in [5.74, 6) is 1.64. The smallest absolute Gasteiger partial charge is 0.119 e. The Hall–Kier alpha value is -1.28.